The summed E-state index contributed by atoms with van der Waals surface area (Å²) in [6.07, 6.45) is 4.79. The topological polar surface area (TPSA) is 71.6 Å². The van der Waals surface area contributed by atoms with Crippen molar-refractivity contribution in [2.45, 2.75) is 95.2 Å². The molecule has 2 heterocycles. The molecule has 5 aliphatic rings. The molecule has 0 aromatic rings. The van der Waals surface area contributed by atoms with E-state index in [1.807, 2.05) is 6.92 Å². The SMILES string of the molecule is COC(=O)[C@]1(C)CCC[C@@]2(C)C1C[C@@H](O)[C@@]13O[C@]12CC[C@]1(C(C)C)O[C@H]31. The Balaban J connectivity index is 1.58. The van der Waals surface area contributed by atoms with Crippen molar-refractivity contribution in [3.8, 4) is 0 Å². The average Bonchev–Trinajstić information content (AvgIpc) is 3.46. The van der Waals surface area contributed by atoms with E-state index in [1.54, 1.807) is 0 Å². The summed E-state index contributed by atoms with van der Waals surface area (Å²) in [5, 5.41) is 11.3. The molecule has 5 rings (SSSR count). The van der Waals surface area contributed by atoms with Crippen molar-refractivity contribution in [1.29, 1.82) is 0 Å². The predicted octanol–water partition coefficient (Wildman–Crippen LogP) is 2.83. The summed E-state index contributed by atoms with van der Waals surface area (Å²) in [6.45, 7) is 8.76. The fourth-order valence-electron chi connectivity index (χ4n) is 7.81. The monoisotopic (exact) mass is 364 g/mol. The maximum Gasteiger partial charge on any atom is 0.311 e. The number of hydrogen-bond donors (Lipinski definition) is 1. The third-order valence-electron chi connectivity index (χ3n) is 9.35. The number of epoxide rings is 2. The molecule has 0 aromatic heterocycles. The summed E-state index contributed by atoms with van der Waals surface area (Å²) in [5.74, 6) is 0.362. The second-order valence-corrected chi connectivity index (χ2v) is 10.3. The fourth-order valence-corrected chi connectivity index (χ4v) is 7.81. The molecular formula is C21H32O5. The van der Waals surface area contributed by atoms with Gasteiger partial charge < -0.3 is 19.3 Å². The maximum absolute atomic E-state index is 12.7. The molecular weight excluding hydrogens is 332 g/mol. The Morgan fingerprint density at radius 2 is 1.92 bits per heavy atom. The third-order valence-corrected chi connectivity index (χ3v) is 9.35. The summed E-state index contributed by atoms with van der Waals surface area (Å²) >= 11 is 0. The van der Waals surface area contributed by atoms with Gasteiger partial charge in [0, 0.05) is 5.41 Å². The minimum Gasteiger partial charge on any atom is -0.469 e. The summed E-state index contributed by atoms with van der Waals surface area (Å²) in [7, 11) is 1.48. The lowest BCUT2D eigenvalue weighted by atomic mass is 9.43. The van der Waals surface area contributed by atoms with E-state index in [1.165, 1.54) is 7.11 Å². The molecule has 1 unspecified atom stereocenters. The number of hydrogen-bond acceptors (Lipinski definition) is 5. The van der Waals surface area contributed by atoms with Gasteiger partial charge in [0.25, 0.3) is 0 Å². The van der Waals surface area contributed by atoms with Crippen LogP contribution in [0.2, 0.25) is 0 Å². The molecule has 0 bridgehead atoms. The minimum absolute atomic E-state index is 0.00262. The van der Waals surface area contributed by atoms with Crippen molar-refractivity contribution in [3.63, 3.8) is 0 Å². The van der Waals surface area contributed by atoms with E-state index in [0.29, 0.717) is 12.3 Å². The van der Waals surface area contributed by atoms with E-state index >= 15 is 0 Å². The Morgan fingerprint density at radius 1 is 1.19 bits per heavy atom. The van der Waals surface area contributed by atoms with E-state index in [-0.39, 0.29) is 34.6 Å². The van der Waals surface area contributed by atoms with Crippen molar-refractivity contribution in [1.82, 2.24) is 0 Å². The highest BCUT2D eigenvalue weighted by Crippen LogP contribution is 2.81. The Morgan fingerprint density at radius 3 is 2.58 bits per heavy atom. The molecule has 3 saturated carbocycles. The number of ether oxygens (including phenoxy) is 3. The zero-order valence-corrected chi connectivity index (χ0v) is 16.6. The Hall–Kier alpha value is -0.650. The van der Waals surface area contributed by atoms with Crippen molar-refractivity contribution in [2.75, 3.05) is 7.11 Å². The van der Waals surface area contributed by atoms with Gasteiger partial charge in [-0.25, -0.2) is 0 Å². The lowest BCUT2D eigenvalue weighted by Gasteiger charge is -2.58. The van der Waals surface area contributed by atoms with Gasteiger partial charge in [-0.2, -0.15) is 0 Å². The number of carbonyl (C=O) groups excluding carboxylic acids is 1. The van der Waals surface area contributed by atoms with E-state index in [2.05, 4.69) is 20.8 Å². The summed E-state index contributed by atoms with van der Waals surface area (Å²) in [6, 6.07) is 0. The molecule has 5 heteroatoms. The van der Waals surface area contributed by atoms with Crippen molar-refractivity contribution in [3.05, 3.63) is 0 Å². The quantitative estimate of drug-likeness (QED) is 0.603. The summed E-state index contributed by atoms with van der Waals surface area (Å²) < 4.78 is 18.1. The lowest BCUT2D eigenvalue weighted by Crippen LogP contribution is -2.66. The highest BCUT2D eigenvalue weighted by atomic mass is 16.7. The largest absolute Gasteiger partial charge is 0.469 e. The summed E-state index contributed by atoms with van der Waals surface area (Å²) in [4.78, 5) is 12.7. The number of aliphatic hydroxyl groups excluding tert-OH is 1. The zero-order chi connectivity index (χ0) is 18.8. The average molecular weight is 364 g/mol. The number of carbonyl (C=O) groups is 1. The standard InChI is InChI=1S/C21H32O5/c1-12(2)19-9-10-20-18(4)8-6-7-17(3,16(23)24-5)13(18)11-14(22)21(20,26-20)15(19)25-19/h12-15,22H,6-11H2,1-5H3/t13?,14-,15+,17-,18+,19-,20+,21+/m1/s1. The minimum atomic E-state index is -0.575. The summed E-state index contributed by atoms with van der Waals surface area (Å²) in [5.41, 5.74) is -1.70. The van der Waals surface area contributed by atoms with Gasteiger partial charge in [-0.15, -0.1) is 0 Å². The highest BCUT2D eigenvalue weighted by molar-refractivity contribution is 5.77. The molecule has 146 valence electrons. The second kappa shape index (κ2) is 4.66. The van der Waals surface area contributed by atoms with Crippen LogP contribution in [0, 0.1) is 22.7 Å². The second-order valence-electron chi connectivity index (χ2n) is 10.3. The molecule has 0 amide bonds. The van der Waals surface area contributed by atoms with Gasteiger partial charge in [0.05, 0.1) is 18.6 Å². The molecule has 2 aliphatic heterocycles. The van der Waals surface area contributed by atoms with E-state index in [0.717, 1.165) is 32.1 Å². The van der Waals surface area contributed by atoms with E-state index < -0.39 is 17.1 Å². The third kappa shape index (κ3) is 1.53. The molecule has 26 heavy (non-hydrogen) atoms. The van der Waals surface area contributed by atoms with E-state index in [4.69, 9.17) is 14.2 Å². The van der Waals surface area contributed by atoms with Gasteiger partial charge >= 0.3 is 5.97 Å². The van der Waals surface area contributed by atoms with Crippen LogP contribution in [0.5, 0.6) is 0 Å². The molecule has 2 saturated heterocycles. The van der Waals surface area contributed by atoms with Gasteiger partial charge in [-0.05, 0) is 50.9 Å². The van der Waals surface area contributed by atoms with Crippen molar-refractivity contribution in [2.24, 2.45) is 22.7 Å². The fraction of sp³-hybridized carbons (Fsp3) is 0.952. The van der Waals surface area contributed by atoms with Crippen LogP contribution >= 0.6 is 0 Å². The predicted molar refractivity (Wildman–Crippen MR) is 94.4 cm³/mol. The molecule has 0 spiro atoms. The van der Waals surface area contributed by atoms with Crippen molar-refractivity contribution >= 4 is 5.97 Å². The van der Waals surface area contributed by atoms with Crippen molar-refractivity contribution < 1.29 is 24.1 Å². The Bertz CT molecular complexity index is 677. The number of fused-ring (bicyclic) bond motifs is 2. The van der Waals surface area contributed by atoms with E-state index in [9.17, 15) is 9.90 Å². The van der Waals surface area contributed by atoms with Crippen LogP contribution in [0.25, 0.3) is 0 Å². The van der Waals surface area contributed by atoms with Gasteiger partial charge in [-0.3, -0.25) is 4.79 Å². The molecule has 3 aliphatic carbocycles. The van der Waals surface area contributed by atoms with Gasteiger partial charge in [0.15, 0.2) is 5.60 Å². The first-order chi connectivity index (χ1) is 12.1. The smallest absolute Gasteiger partial charge is 0.311 e. The number of methoxy groups -OCH3 is 1. The molecule has 0 radical (unpaired) electrons. The van der Waals surface area contributed by atoms with Gasteiger partial charge in [0.1, 0.15) is 17.3 Å². The van der Waals surface area contributed by atoms with Crippen LogP contribution in [0.3, 0.4) is 0 Å². The van der Waals surface area contributed by atoms with Crippen LogP contribution in [-0.4, -0.2) is 47.2 Å². The molecule has 1 N–H and O–H groups in total. The first kappa shape index (κ1) is 17.4. The van der Waals surface area contributed by atoms with Crippen LogP contribution in [-0.2, 0) is 19.0 Å². The first-order valence-electron chi connectivity index (χ1n) is 10.3. The van der Waals surface area contributed by atoms with Gasteiger partial charge in [0.2, 0.25) is 0 Å². The zero-order valence-electron chi connectivity index (χ0n) is 16.6. The van der Waals surface area contributed by atoms with Gasteiger partial charge in [-0.1, -0.05) is 27.2 Å². The molecule has 0 aromatic carbocycles. The normalized spacial score (nSPS) is 59.6. The van der Waals surface area contributed by atoms with Crippen LogP contribution in [0.15, 0.2) is 0 Å². The Labute approximate surface area is 155 Å². The molecule has 8 atom stereocenters. The number of rotatable bonds is 2. The van der Waals surface area contributed by atoms with Crippen LogP contribution < -0.4 is 0 Å². The molecule has 5 nitrogen and oxygen atoms in total. The lowest BCUT2D eigenvalue weighted by molar-refractivity contribution is -0.174. The van der Waals surface area contributed by atoms with Crippen LogP contribution in [0.4, 0.5) is 0 Å². The molecule has 5 fully saturated rings. The Kier molecular flexibility index (Phi) is 3.13. The first-order valence-corrected chi connectivity index (χ1v) is 10.3. The van der Waals surface area contributed by atoms with Crippen LogP contribution in [0.1, 0.15) is 66.2 Å². The maximum atomic E-state index is 12.7. The number of aliphatic hydroxyl groups is 1. The highest BCUT2D eigenvalue weighted by Gasteiger charge is 2.94. The number of esters is 1.